The minimum atomic E-state index is -0.584. The van der Waals surface area contributed by atoms with Crippen molar-refractivity contribution in [1.82, 2.24) is 0 Å². The summed E-state index contributed by atoms with van der Waals surface area (Å²) in [6.07, 6.45) is 4.60. The highest BCUT2D eigenvalue weighted by Crippen LogP contribution is 2.42. The van der Waals surface area contributed by atoms with Crippen LogP contribution in [0, 0.1) is 11.3 Å². The average molecular weight is 315 g/mol. The smallest absolute Gasteiger partial charge is 0.0688 e. The first kappa shape index (κ1) is 16.1. The molecule has 0 atom stereocenters. The first-order valence-electron chi connectivity index (χ1n) is 7.36. The average Bonchev–Trinajstić information content (AvgIpc) is 2.33. The predicted octanol–water partition coefficient (Wildman–Crippen LogP) is 5.50. The number of hydrogen-bond donors (Lipinski definition) is 1. The molecule has 0 aliphatic heterocycles. The van der Waals surface area contributed by atoms with Crippen LogP contribution in [0.5, 0.6) is 0 Å². The number of benzene rings is 1. The molecule has 112 valence electrons. The number of aliphatic hydroxyl groups is 1. The molecule has 0 radical (unpaired) electrons. The van der Waals surface area contributed by atoms with Crippen molar-refractivity contribution >= 4 is 23.2 Å². The highest BCUT2D eigenvalue weighted by atomic mass is 35.5. The maximum Gasteiger partial charge on any atom is 0.0688 e. The fourth-order valence-electron chi connectivity index (χ4n) is 3.23. The Labute approximate surface area is 132 Å². The lowest BCUT2D eigenvalue weighted by atomic mass is 9.67. The second kappa shape index (κ2) is 5.87. The molecule has 1 aromatic rings. The molecule has 0 bridgehead atoms. The van der Waals surface area contributed by atoms with E-state index in [1.807, 2.05) is 18.2 Å². The molecular formula is C17H24Cl2O. The van der Waals surface area contributed by atoms with Crippen LogP contribution in [0.25, 0.3) is 0 Å². The van der Waals surface area contributed by atoms with Gasteiger partial charge < -0.3 is 5.11 Å². The van der Waals surface area contributed by atoms with E-state index in [4.69, 9.17) is 23.2 Å². The first-order valence-corrected chi connectivity index (χ1v) is 8.11. The van der Waals surface area contributed by atoms with Crippen LogP contribution in [0.15, 0.2) is 18.2 Å². The van der Waals surface area contributed by atoms with Crippen LogP contribution in [0.3, 0.4) is 0 Å². The monoisotopic (exact) mass is 314 g/mol. The molecule has 0 amide bonds. The standard InChI is InChI=1S/C17H24Cl2O/c1-16(2,3)13-6-8-17(20,9-7-13)11-12-4-5-14(18)15(19)10-12/h4-5,10,13,20H,6-9,11H2,1-3H3. The molecule has 1 saturated carbocycles. The molecular weight excluding hydrogens is 291 g/mol. The molecule has 1 aromatic carbocycles. The SMILES string of the molecule is CC(C)(C)C1CCC(O)(Cc2ccc(Cl)c(Cl)c2)CC1. The van der Waals surface area contributed by atoms with E-state index in [9.17, 15) is 5.11 Å². The molecule has 1 N–H and O–H groups in total. The lowest BCUT2D eigenvalue weighted by Gasteiger charge is -2.41. The van der Waals surface area contributed by atoms with Crippen LogP contribution in [0.4, 0.5) is 0 Å². The Hall–Kier alpha value is -0.240. The summed E-state index contributed by atoms with van der Waals surface area (Å²) in [4.78, 5) is 0. The molecule has 1 fully saturated rings. The van der Waals surface area contributed by atoms with E-state index >= 15 is 0 Å². The third-order valence-electron chi connectivity index (χ3n) is 4.66. The molecule has 2 rings (SSSR count). The van der Waals surface area contributed by atoms with Crippen molar-refractivity contribution < 1.29 is 5.11 Å². The lowest BCUT2D eigenvalue weighted by molar-refractivity contribution is -0.0245. The van der Waals surface area contributed by atoms with Crippen molar-refractivity contribution in [2.75, 3.05) is 0 Å². The molecule has 3 heteroatoms. The van der Waals surface area contributed by atoms with Crippen LogP contribution in [0.1, 0.15) is 52.0 Å². The van der Waals surface area contributed by atoms with Gasteiger partial charge in [-0.2, -0.15) is 0 Å². The highest BCUT2D eigenvalue weighted by Gasteiger charge is 2.37. The second-order valence-electron chi connectivity index (χ2n) is 7.29. The molecule has 1 aliphatic rings. The topological polar surface area (TPSA) is 20.2 Å². The van der Waals surface area contributed by atoms with Crippen LogP contribution in [-0.4, -0.2) is 10.7 Å². The van der Waals surface area contributed by atoms with Gasteiger partial charge in [0.15, 0.2) is 0 Å². The summed E-state index contributed by atoms with van der Waals surface area (Å²) < 4.78 is 0. The van der Waals surface area contributed by atoms with E-state index < -0.39 is 5.60 Å². The third-order valence-corrected chi connectivity index (χ3v) is 5.40. The third kappa shape index (κ3) is 3.90. The second-order valence-corrected chi connectivity index (χ2v) is 8.10. The normalized spacial score (nSPS) is 27.6. The van der Waals surface area contributed by atoms with Crippen molar-refractivity contribution in [1.29, 1.82) is 0 Å². The fraction of sp³-hybridized carbons (Fsp3) is 0.647. The van der Waals surface area contributed by atoms with Gasteiger partial charge >= 0.3 is 0 Å². The van der Waals surface area contributed by atoms with Crippen molar-refractivity contribution in [3.63, 3.8) is 0 Å². The molecule has 0 heterocycles. The minimum absolute atomic E-state index is 0.338. The summed E-state index contributed by atoms with van der Waals surface area (Å²) in [5.41, 5.74) is 0.820. The maximum absolute atomic E-state index is 10.8. The van der Waals surface area contributed by atoms with Gasteiger partial charge in [0, 0.05) is 6.42 Å². The van der Waals surface area contributed by atoms with Crippen molar-refractivity contribution in [2.45, 2.75) is 58.5 Å². The zero-order chi connectivity index (χ0) is 15.0. The maximum atomic E-state index is 10.8. The Bertz CT molecular complexity index is 468. The summed E-state index contributed by atoms with van der Waals surface area (Å²) in [5.74, 6) is 0.705. The largest absolute Gasteiger partial charge is 0.390 e. The van der Waals surface area contributed by atoms with Gasteiger partial charge in [0.1, 0.15) is 0 Å². The summed E-state index contributed by atoms with van der Waals surface area (Å²) in [6, 6.07) is 5.64. The molecule has 1 nitrogen and oxygen atoms in total. The van der Waals surface area contributed by atoms with E-state index in [1.165, 1.54) is 0 Å². The summed E-state index contributed by atoms with van der Waals surface area (Å²) in [6.45, 7) is 6.88. The van der Waals surface area contributed by atoms with Gasteiger partial charge in [0.25, 0.3) is 0 Å². The zero-order valence-electron chi connectivity index (χ0n) is 12.5. The van der Waals surface area contributed by atoms with Crippen LogP contribution in [0.2, 0.25) is 10.0 Å². The minimum Gasteiger partial charge on any atom is -0.390 e. The number of hydrogen-bond acceptors (Lipinski definition) is 1. The van der Waals surface area contributed by atoms with Gasteiger partial charge in [-0.3, -0.25) is 0 Å². The Morgan fingerprint density at radius 3 is 2.25 bits per heavy atom. The van der Waals surface area contributed by atoms with Gasteiger partial charge in [0.2, 0.25) is 0 Å². The molecule has 0 unspecified atom stereocenters. The lowest BCUT2D eigenvalue weighted by Crippen LogP contribution is -2.39. The molecule has 0 saturated heterocycles. The fourth-order valence-corrected chi connectivity index (χ4v) is 3.55. The van der Waals surface area contributed by atoms with Gasteiger partial charge in [-0.25, -0.2) is 0 Å². The molecule has 0 spiro atoms. The van der Waals surface area contributed by atoms with Gasteiger partial charge in [-0.05, 0) is 54.7 Å². The Kier molecular flexibility index (Phi) is 4.73. The zero-order valence-corrected chi connectivity index (χ0v) is 14.1. The summed E-state index contributed by atoms with van der Waals surface area (Å²) in [5, 5.41) is 11.9. The van der Waals surface area contributed by atoms with E-state index in [0.29, 0.717) is 27.8 Å². The highest BCUT2D eigenvalue weighted by molar-refractivity contribution is 6.42. The van der Waals surface area contributed by atoms with Crippen molar-refractivity contribution in [3.8, 4) is 0 Å². The molecule has 20 heavy (non-hydrogen) atoms. The van der Waals surface area contributed by atoms with Crippen LogP contribution >= 0.6 is 23.2 Å². The van der Waals surface area contributed by atoms with Gasteiger partial charge in [-0.1, -0.05) is 50.0 Å². The van der Waals surface area contributed by atoms with Crippen molar-refractivity contribution in [3.05, 3.63) is 33.8 Å². The van der Waals surface area contributed by atoms with Crippen molar-refractivity contribution in [2.24, 2.45) is 11.3 Å². The summed E-state index contributed by atoms with van der Waals surface area (Å²) >= 11 is 12.0. The molecule has 0 aromatic heterocycles. The van der Waals surface area contributed by atoms with Gasteiger partial charge in [-0.15, -0.1) is 0 Å². The van der Waals surface area contributed by atoms with Gasteiger partial charge in [0.05, 0.1) is 15.6 Å². The number of rotatable bonds is 2. The Morgan fingerprint density at radius 1 is 1.15 bits per heavy atom. The van der Waals surface area contributed by atoms with Crippen LogP contribution < -0.4 is 0 Å². The number of halogens is 2. The Balaban J connectivity index is 2.01. The summed E-state index contributed by atoms with van der Waals surface area (Å²) in [7, 11) is 0. The first-order chi connectivity index (χ1) is 9.20. The molecule has 1 aliphatic carbocycles. The quantitative estimate of drug-likeness (QED) is 0.763. The predicted molar refractivity (Wildman–Crippen MR) is 86.5 cm³/mol. The van der Waals surface area contributed by atoms with E-state index in [-0.39, 0.29) is 0 Å². The van der Waals surface area contributed by atoms with E-state index in [0.717, 1.165) is 31.2 Å². The van der Waals surface area contributed by atoms with E-state index in [2.05, 4.69) is 20.8 Å². The van der Waals surface area contributed by atoms with E-state index in [1.54, 1.807) is 0 Å². The Morgan fingerprint density at radius 2 is 1.75 bits per heavy atom. The van der Waals surface area contributed by atoms with Crippen LogP contribution in [-0.2, 0) is 6.42 Å².